The van der Waals surface area contributed by atoms with Crippen molar-refractivity contribution in [3.63, 3.8) is 0 Å². The maximum Gasteiger partial charge on any atom is 0.129 e. The van der Waals surface area contributed by atoms with Gasteiger partial charge in [0.2, 0.25) is 0 Å². The molecule has 0 aliphatic rings. The SMILES string of the molecule is Cc1cc(CNCc2ccc3cc[nH]c3c2)cc(C)c1F. The minimum absolute atomic E-state index is 0.101. The molecule has 0 aliphatic carbocycles. The van der Waals surface area contributed by atoms with Gasteiger partial charge in [0.05, 0.1) is 0 Å². The fourth-order valence-electron chi connectivity index (χ4n) is 2.69. The van der Waals surface area contributed by atoms with Crippen LogP contribution in [0.2, 0.25) is 0 Å². The Morgan fingerprint density at radius 3 is 2.43 bits per heavy atom. The monoisotopic (exact) mass is 282 g/mol. The van der Waals surface area contributed by atoms with Crippen LogP contribution >= 0.6 is 0 Å². The van der Waals surface area contributed by atoms with E-state index >= 15 is 0 Å². The van der Waals surface area contributed by atoms with Crippen molar-refractivity contribution in [1.29, 1.82) is 0 Å². The van der Waals surface area contributed by atoms with E-state index in [9.17, 15) is 4.39 Å². The number of hydrogen-bond acceptors (Lipinski definition) is 1. The van der Waals surface area contributed by atoms with E-state index in [-0.39, 0.29) is 5.82 Å². The Labute approximate surface area is 124 Å². The highest BCUT2D eigenvalue weighted by Gasteiger charge is 2.04. The summed E-state index contributed by atoms with van der Waals surface area (Å²) in [4.78, 5) is 3.22. The molecule has 21 heavy (non-hydrogen) atoms. The molecule has 0 amide bonds. The Morgan fingerprint density at radius 1 is 0.952 bits per heavy atom. The Balaban J connectivity index is 1.65. The van der Waals surface area contributed by atoms with Gasteiger partial charge in [-0.1, -0.05) is 24.3 Å². The zero-order valence-electron chi connectivity index (χ0n) is 12.3. The summed E-state index contributed by atoms with van der Waals surface area (Å²) in [6.45, 7) is 5.16. The fourth-order valence-corrected chi connectivity index (χ4v) is 2.69. The van der Waals surface area contributed by atoms with Crippen molar-refractivity contribution in [2.24, 2.45) is 0 Å². The summed E-state index contributed by atoms with van der Waals surface area (Å²) in [5, 5.41) is 4.64. The van der Waals surface area contributed by atoms with Gasteiger partial charge in [0.1, 0.15) is 5.82 Å². The summed E-state index contributed by atoms with van der Waals surface area (Å²) in [6, 6.07) is 12.3. The van der Waals surface area contributed by atoms with E-state index in [1.165, 1.54) is 10.9 Å². The normalized spacial score (nSPS) is 11.2. The first-order chi connectivity index (χ1) is 10.1. The third-order valence-electron chi connectivity index (χ3n) is 3.77. The molecule has 0 bridgehead atoms. The number of fused-ring (bicyclic) bond motifs is 1. The van der Waals surface area contributed by atoms with Crippen LogP contribution in [0.25, 0.3) is 10.9 Å². The molecule has 0 saturated carbocycles. The third kappa shape index (κ3) is 2.98. The number of halogens is 1. The van der Waals surface area contributed by atoms with E-state index in [0.29, 0.717) is 11.1 Å². The first-order valence-electron chi connectivity index (χ1n) is 7.16. The van der Waals surface area contributed by atoms with Gasteiger partial charge in [-0.2, -0.15) is 0 Å². The number of nitrogens with one attached hydrogen (secondary N) is 2. The number of hydrogen-bond donors (Lipinski definition) is 2. The van der Waals surface area contributed by atoms with Gasteiger partial charge in [-0.15, -0.1) is 0 Å². The Morgan fingerprint density at radius 2 is 1.67 bits per heavy atom. The zero-order chi connectivity index (χ0) is 14.8. The van der Waals surface area contributed by atoms with Crippen molar-refractivity contribution in [3.8, 4) is 0 Å². The molecule has 1 aromatic heterocycles. The highest BCUT2D eigenvalue weighted by Crippen LogP contribution is 2.16. The minimum atomic E-state index is -0.101. The number of rotatable bonds is 4. The van der Waals surface area contributed by atoms with Gasteiger partial charge in [0, 0.05) is 24.8 Å². The molecule has 2 N–H and O–H groups in total. The van der Waals surface area contributed by atoms with Crippen LogP contribution in [0.4, 0.5) is 4.39 Å². The Kier molecular flexibility index (Phi) is 3.76. The number of benzene rings is 2. The topological polar surface area (TPSA) is 27.8 Å². The van der Waals surface area contributed by atoms with E-state index < -0.39 is 0 Å². The number of aryl methyl sites for hydroxylation is 2. The van der Waals surface area contributed by atoms with Gasteiger partial charge in [0.15, 0.2) is 0 Å². The molecule has 108 valence electrons. The van der Waals surface area contributed by atoms with Crippen molar-refractivity contribution in [2.45, 2.75) is 26.9 Å². The second-order valence-corrected chi connectivity index (χ2v) is 5.55. The third-order valence-corrected chi connectivity index (χ3v) is 3.77. The number of aromatic amines is 1. The molecule has 2 nitrogen and oxygen atoms in total. The van der Waals surface area contributed by atoms with E-state index in [1.54, 1.807) is 0 Å². The standard InChI is InChI=1S/C18H19FN2/c1-12-7-15(8-13(2)18(12)19)11-20-10-14-3-4-16-5-6-21-17(16)9-14/h3-9,20-21H,10-11H2,1-2H3. The molecule has 3 rings (SSSR count). The molecule has 0 fully saturated rings. The maximum absolute atomic E-state index is 13.6. The van der Waals surface area contributed by atoms with Gasteiger partial charge >= 0.3 is 0 Å². The molecular formula is C18H19FN2. The molecule has 0 radical (unpaired) electrons. The molecule has 0 spiro atoms. The predicted octanol–water partition coefficient (Wildman–Crippen LogP) is 4.21. The zero-order valence-corrected chi connectivity index (χ0v) is 12.3. The average Bonchev–Trinajstić information content (AvgIpc) is 2.92. The van der Waals surface area contributed by atoms with E-state index in [2.05, 4.69) is 34.6 Å². The van der Waals surface area contributed by atoms with Crippen molar-refractivity contribution in [2.75, 3.05) is 0 Å². The van der Waals surface area contributed by atoms with Crippen LogP contribution < -0.4 is 5.32 Å². The lowest BCUT2D eigenvalue weighted by molar-refractivity contribution is 0.606. The Hall–Kier alpha value is -2.13. The fraction of sp³-hybridized carbons (Fsp3) is 0.222. The molecule has 3 aromatic rings. The van der Waals surface area contributed by atoms with Gasteiger partial charge < -0.3 is 10.3 Å². The highest BCUT2D eigenvalue weighted by molar-refractivity contribution is 5.79. The van der Waals surface area contributed by atoms with E-state index in [4.69, 9.17) is 0 Å². The molecule has 0 unspecified atom stereocenters. The summed E-state index contributed by atoms with van der Waals surface area (Å²) < 4.78 is 13.6. The van der Waals surface area contributed by atoms with E-state index in [0.717, 1.165) is 24.2 Å². The summed E-state index contributed by atoms with van der Waals surface area (Å²) in [5.74, 6) is -0.101. The van der Waals surface area contributed by atoms with Gasteiger partial charge in [0.25, 0.3) is 0 Å². The number of H-pyrrole nitrogens is 1. The quantitative estimate of drug-likeness (QED) is 0.737. The highest BCUT2D eigenvalue weighted by atomic mass is 19.1. The number of aromatic nitrogens is 1. The molecule has 3 heteroatoms. The molecular weight excluding hydrogens is 263 g/mol. The predicted molar refractivity (Wildman–Crippen MR) is 84.7 cm³/mol. The first kappa shape index (κ1) is 13.8. The van der Waals surface area contributed by atoms with Crippen LogP contribution in [0.15, 0.2) is 42.6 Å². The molecule has 1 heterocycles. The summed E-state index contributed by atoms with van der Waals surface area (Å²) in [5.41, 5.74) is 4.93. The smallest absolute Gasteiger partial charge is 0.129 e. The lowest BCUT2D eigenvalue weighted by atomic mass is 10.1. The summed E-state index contributed by atoms with van der Waals surface area (Å²) in [6.07, 6.45) is 1.95. The molecule has 2 aromatic carbocycles. The molecule has 0 saturated heterocycles. The van der Waals surface area contributed by atoms with Crippen LogP contribution in [-0.4, -0.2) is 4.98 Å². The van der Waals surface area contributed by atoms with Crippen LogP contribution in [0, 0.1) is 19.7 Å². The summed E-state index contributed by atoms with van der Waals surface area (Å²) in [7, 11) is 0. The van der Waals surface area contributed by atoms with Crippen molar-refractivity contribution in [3.05, 3.63) is 70.7 Å². The van der Waals surface area contributed by atoms with Crippen molar-refractivity contribution in [1.82, 2.24) is 10.3 Å². The van der Waals surface area contributed by atoms with Gasteiger partial charge in [-0.3, -0.25) is 0 Å². The minimum Gasteiger partial charge on any atom is -0.361 e. The largest absolute Gasteiger partial charge is 0.361 e. The van der Waals surface area contributed by atoms with Crippen molar-refractivity contribution < 1.29 is 4.39 Å². The average molecular weight is 282 g/mol. The van der Waals surface area contributed by atoms with E-state index in [1.807, 2.05) is 32.2 Å². The first-order valence-corrected chi connectivity index (χ1v) is 7.16. The lowest BCUT2D eigenvalue weighted by Crippen LogP contribution is -2.13. The van der Waals surface area contributed by atoms with Crippen molar-refractivity contribution >= 4 is 10.9 Å². The van der Waals surface area contributed by atoms with Crippen LogP contribution in [0.1, 0.15) is 22.3 Å². The van der Waals surface area contributed by atoms with Gasteiger partial charge in [-0.05, 0) is 53.6 Å². The van der Waals surface area contributed by atoms with Gasteiger partial charge in [-0.25, -0.2) is 4.39 Å². The lowest BCUT2D eigenvalue weighted by Gasteiger charge is -2.09. The second kappa shape index (κ2) is 5.70. The van der Waals surface area contributed by atoms with Crippen LogP contribution in [0.5, 0.6) is 0 Å². The second-order valence-electron chi connectivity index (χ2n) is 5.55. The Bertz CT molecular complexity index is 751. The summed E-state index contributed by atoms with van der Waals surface area (Å²) >= 11 is 0. The van der Waals surface area contributed by atoms with Crippen LogP contribution in [0.3, 0.4) is 0 Å². The molecule has 0 atom stereocenters. The maximum atomic E-state index is 13.6. The van der Waals surface area contributed by atoms with Crippen LogP contribution in [-0.2, 0) is 13.1 Å². The molecule has 0 aliphatic heterocycles.